The number of para-hydroxylation sites is 1. The number of nitrogens with zero attached hydrogens (tertiary/aromatic N) is 1. The number of nitrogens with one attached hydrogen (secondary N) is 1. The first kappa shape index (κ1) is 20.5. The summed E-state index contributed by atoms with van der Waals surface area (Å²) < 4.78 is 5.80. The van der Waals surface area contributed by atoms with Crippen LogP contribution in [-0.4, -0.2) is 16.9 Å². The molecule has 2 amide bonds. The van der Waals surface area contributed by atoms with Crippen molar-refractivity contribution in [3.8, 4) is 11.5 Å². The highest BCUT2D eigenvalue weighted by molar-refractivity contribution is 7.80. The molecular weight excluding hydrogens is 408 g/mol. The molecule has 0 unspecified atom stereocenters. The average molecular weight is 429 g/mol. The zero-order valence-electron chi connectivity index (χ0n) is 17.1. The van der Waals surface area contributed by atoms with E-state index < -0.39 is 11.8 Å². The zero-order valence-corrected chi connectivity index (χ0v) is 17.9. The Bertz CT molecular complexity index is 1200. The van der Waals surface area contributed by atoms with Crippen LogP contribution in [0.25, 0.3) is 6.08 Å². The predicted octanol–water partition coefficient (Wildman–Crippen LogP) is 4.93. The van der Waals surface area contributed by atoms with Crippen molar-refractivity contribution in [2.45, 2.75) is 13.8 Å². The maximum absolute atomic E-state index is 13.2. The number of benzene rings is 3. The highest BCUT2D eigenvalue weighted by Gasteiger charge is 2.34. The molecule has 1 aliphatic heterocycles. The van der Waals surface area contributed by atoms with Gasteiger partial charge in [0.15, 0.2) is 5.11 Å². The molecule has 0 spiro atoms. The molecule has 3 aromatic carbocycles. The molecule has 0 radical (unpaired) electrons. The summed E-state index contributed by atoms with van der Waals surface area (Å²) in [6.45, 7) is 3.94. The lowest BCUT2D eigenvalue weighted by Gasteiger charge is -2.29. The highest BCUT2D eigenvalue weighted by Crippen LogP contribution is 2.27. The van der Waals surface area contributed by atoms with Gasteiger partial charge in [0.05, 0.1) is 5.69 Å². The van der Waals surface area contributed by atoms with E-state index in [2.05, 4.69) is 5.32 Å². The number of carbonyl (C=O) groups is 2. The van der Waals surface area contributed by atoms with E-state index in [1.165, 1.54) is 4.90 Å². The lowest BCUT2D eigenvalue weighted by molar-refractivity contribution is -0.122. The van der Waals surface area contributed by atoms with Crippen molar-refractivity contribution in [3.63, 3.8) is 0 Å². The summed E-state index contributed by atoms with van der Waals surface area (Å²) in [6, 6.07) is 22.2. The molecule has 6 heteroatoms. The van der Waals surface area contributed by atoms with Crippen LogP contribution in [-0.2, 0) is 9.59 Å². The Kier molecular flexibility index (Phi) is 5.64. The molecule has 1 N–H and O–H groups in total. The number of aryl methyl sites for hydroxylation is 2. The van der Waals surface area contributed by atoms with Gasteiger partial charge in [-0.15, -0.1) is 0 Å². The van der Waals surface area contributed by atoms with Gasteiger partial charge >= 0.3 is 0 Å². The van der Waals surface area contributed by atoms with Crippen molar-refractivity contribution >= 4 is 40.9 Å². The van der Waals surface area contributed by atoms with E-state index in [0.29, 0.717) is 17.2 Å². The number of rotatable bonds is 4. The van der Waals surface area contributed by atoms with Crippen LogP contribution in [0.5, 0.6) is 11.5 Å². The summed E-state index contributed by atoms with van der Waals surface area (Å²) in [4.78, 5) is 27.0. The third kappa shape index (κ3) is 4.39. The van der Waals surface area contributed by atoms with Gasteiger partial charge in [0.1, 0.15) is 17.1 Å². The lowest BCUT2D eigenvalue weighted by Crippen LogP contribution is -2.54. The molecule has 0 bridgehead atoms. The van der Waals surface area contributed by atoms with Gasteiger partial charge in [0, 0.05) is 0 Å². The van der Waals surface area contributed by atoms with E-state index >= 15 is 0 Å². The van der Waals surface area contributed by atoms with Crippen molar-refractivity contribution in [1.82, 2.24) is 5.32 Å². The maximum Gasteiger partial charge on any atom is 0.270 e. The summed E-state index contributed by atoms with van der Waals surface area (Å²) in [5.41, 5.74) is 3.48. The number of hydrogen-bond acceptors (Lipinski definition) is 4. The standard InChI is InChI=1S/C25H20N2O3S/c1-16-8-9-18(17(2)14-16)15-22-23(28)26-25(31)27(24(22)29)19-10-12-21(13-11-19)30-20-6-4-3-5-7-20/h3-15H,1-2H3,(H,26,28,31)/b22-15+. The predicted molar refractivity (Wildman–Crippen MR) is 125 cm³/mol. The van der Waals surface area contributed by atoms with E-state index in [-0.39, 0.29) is 10.7 Å². The summed E-state index contributed by atoms with van der Waals surface area (Å²) in [6.07, 6.45) is 1.61. The molecule has 0 aromatic heterocycles. The Labute approximate surface area is 186 Å². The Hall–Kier alpha value is -3.77. The second-order valence-electron chi connectivity index (χ2n) is 7.23. The average Bonchev–Trinajstić information content (AvgIpc) is 2.74. The first-order valence-corrected chi connectivity index (χ1v) is 10.1. The monoisotopic (exact) mass is 428 g/mol. The fraction of sp³-hybridized carbons (Fsp3) is 0.0800. The van der Waals surface area contributed by atoms with Gasteiger partial charge in [-0.2, -0.15) is 0 Å². The van der Waals surface area contributed by atoms with Gasteiger partial charge in [-0.05, 0) is 79.7 Å². The Morgan fingerprint density at radius 3 is 2.26 bits per heavy atom. The summed E-state index contributed by atoms with van der Waals surface area (Å²) in [7, 11) is 0. The van der Waals surface area contributed by atoms with Crippen molar-refractivity contribution in [3.05, 3.63) is 95.1 Å². The van der Waals surface area contributed by atoms with E-state index in [1.54, 1.807) is 30.3 Å². The Balaban J connectivity index is 1.62. The quantitative estimate of drug-likeness (QED) is 0.364. The van der Waals surface area contributed by atoms with Crippen molar-refractivity contribution in [2.24, 2.45) is 0 Å². The molecule has 0 saturated carbocycles. The number of anilines is 1. The van der Waals surface area contributed by atoms with E-state index in [0.717, 1.165) is 16.7 Å². The van der Waals surface area contributed by atoms with E-state index in [1.807, 2.05) is 62.4 Å². The largest absolute Gasteiger partial charge is 0.457 e. The van der Waals surface area contributed by atoms with E-state index in [4.69, 9.17) is 17.0 Å². The van der Waals surface area contributed by atoms with Crippen LogP contribution in [0, 0.1) is 13.8 Å². The van der Waals surface area contributed by atoms with Crippen LogP contribution in [0.1, 0.15) is 16.7 Å². The van der Waals surface area contributed by atoms with Crippen LogP contribution in [0.4, 0.5) is 5.69 Å². The molecule has 31 heavy (non-hydrogen) atoms. The zero-order chi connectivity index (χ0) is 22.0. The van der Waals surface area contributed by atoms with Crippen molar-refractivity contribution in [2.75, 3.05) is 4.90 Å². The number of ether oxygens (including phenoxy) is 1. The van der Waals surface area contributed by atoms with Crippen molar-refractivity contribution in [1.29, 1.82) is 0 Å². The molecule has 154 valence electrons. The summed E-state index contributed by atoms with van der Waals surface area (Å²) >= 11 is 5.28. The van der Waals surface area contributed by atoms with Gasteiger partial charge in [-0.1, -0.05) is 42.0 Å². The lowest BCUT2D eigenvalue weighted by atomic mass is 10.0. The molecule has 3 aromatic rings. The van der Waals surface area contributed by atoms with Crippen LogP contribution in [0.2, 0.25) is 0 Å². The number of amides is 2. The van der Waals surface area contributed by atoms with Crippen molar-refractivity contribution < 1.29 is 14.3 Å². The molecule has 0 atom stereocenters. The minimum absolute atomic E-state index is 0.0326. The topological polar surface area (TPSA) is 58.6 Å². The van der Waals surface area contributed by atoms with Crippen LogP contribution >= 0.6 is 12.2 Å². The molecule has 1 aliphatic rings. The van der Waals surface area contributed by atoms with Gasteiger partial charge in [-0.3, -0.25) is 19.8 Å². The highest BCUT2D eigenvalue weighted by atomic mass is 32.1. The fourth-order valence-electron chi connectivity index (χ4n) is 3.32. The summed E-state index contributed by atoms with van der Waals surface area (Å²) in [5, 5.41) is 2.66. The molecule has 1 saturated heterocycles. The molecule has 0 aliphatic carbocycles. The molecular formula is C25H20N2O3S. The normalized spacial score (nSPS) is 15.2. The second-order valence-corrected chi connectivity index (χ2v) is 7.61. The SMILES string of the molecule is Cc1ccc(/C=C2\C(=O)NC(=S)N(c3ccc(Oc4ccccc4)cc3)C2=O)c(C)c1. The van der Waals surface area contributed by atoms with Gasteiger partial charge < -0.3 is 4.74 Å². The smallest absolute Gasteiger partial charge is 0.270 e. The molecule has 4 rings (SSSR count). The minimum Gasteiger partial charge on any atom is -0.457 e. The molecule has 1 heterocycles. The fourth-order valence-corrected chi connectivity index (χ4v) is 3.60. The number of thiocarbonyl (C=S) groups is 1. The third-order valence-corrected chi connectivity index (χ3v) is 5.19. The van der Waals surface area contributed by atoms with Gasteiger partial charge in [0.25, 0.3) is 11.8 Å². The van der Waals surface area contributed by atoms with Gasteiger partial charge in [-0.25, -0.2) is 0 Å². The number of carbonyl (C=O) groups excluding carboxylic acids is 2. The first-order valence-electron chi connectivity index (χ1n) is 9.74. The minimum atomic E-state index is -0.504. The van der Waals surface area contributed by atoms with Crippen LogP contribution < -0.4 is 15.0 Å². The van der Waals surface area contributed by atoms with Crippen LogP contribution in [0.3, 0.4) is 0 Å². The number of hydrogen-bond donors (Lipinski definition) is 1. The molecule has 5 nitrogen and oxygen atoms in total. The van der Waals surface area contributed by atoms with Gasteiger partial charge in [0.2, 0.25) is 0 Å². The van der Waals surface area contributed by atoms with Crippen LogP contribution in [0.15, 0.2) is 78.4 Å². The Morgan fingerprint density at radius 2 is 1.58 bits per heavy atom. The molecule has 1 fully saturated rings. The third-order valence-electron chi connectivity index (χ3n) is 4.90. The van der Waals surface area contributed by atoms with E-state index in [9.17, 15) is 9.59 Å². The maximum atomic E-state index is 13.2. The Morgan fingerprint density at radius 1 is 0.903 bits per heavy atom. The summed E-state index contributed by atoms with van der Waals surface area (Å²) in [5.74, 6) is 0.367. The first-order chi connectivity index (χ1) is 14.9. The second kappa shape index (κ2) is 8.53.